The lowest BCUT2D eigenvalue weighted by atomic mass is 10.2. The van der Waals surface area contributed by atoms with Crippen molar-refractivity contribution in [3.8, 4) is 11.5 Å². The molecule has 1 N–H and O–H groups in total. The second-order valence-corrected chi connectivity index (χ2v) is 6.36. The zero-order chi connectivity index (χ0) is 18.7. The molecular weight excluding hydrogens is 381 g/mol. The minimum Gasteiger partial charge on any atom is -0.486 e. The zero-order valence-corrected chi connectivity index (χ0v) is 15.3. The summed E-state index contributed by atoms with van der Waals surface area (Å²) in [4.78, 5) is 24.5. The lowest BCUT2D eigenvalue weighted by Gasteiger charge is -2.19. The Balaban J connectivity index is 1.64. The molecule has 0 unspecified atom stereocenters. The quantitative estimate of drug-likeness (QED) is 0.793. The van der Waals surface area contributed by atoms with E-state index in [1.54, 1.807) is 24.3 Å². The van der Waals surface area contributed by atoms with E-state index in [0.29, 0.717) is 35.4 Å². The van der Waals surface area contributed by atoms with Crippen LogP contribution in [0.5, 0.6) is 11.5 Å². The van der Waals surface area contributed by atoms with Gasteiger partial charge in [0.15, 0.2) is 17.6 Å². The fourth-order valence-electron chi connectivity index (χ4n) is 2.30. The van der Waals surface area contributed by atoms with Crippen LogP contribution in [0.1, 0.15) is 17.3 Å². The number of carbonyl (C=O) groups excluding carboxylic acids is 2. The van der Waals surface area contributed by atoms with Crippen LogP contribution in [0.3, 0.4) is 0 Å². The Bertz CT molecular complexity index is 855. The monoisotopic (exact) mass is 395 g/mol. The second-order valence-electron chi connectivity index (χ2n) is 5.52. The zero-order valence-electron chi connectivity index (χ0n) is 13.8. The van der Waals surface area contributed by atoms with Crippen LogP contribution in [-0.2, 0) is 9.53 Å². The molecule has 0 saturated heterocycles. The fraction of sp³-hybridized carbons (Fsp3) is 0.222. The summed E-state index contributed by atoms with van der Waals surface area (Å²) in [6, 6.07) is 9.45. The van der Waals surface area contributed by atoms with E-state index < -0.39 is 18.0 Å². The number of hydrogen-bond donors (Lipinski definition) is 1. The van der Waals surface area contributed by atoms with Crippen LogP contribution in [-0.4, -0.2) is 31.2 Å². The van der Waals surface area contributed by atoms with Crippen molar-refractivity contribution in [1.82, 2.24) is 0 Å². The number of amides is 1. The minimum absolute atomic E-state index is 0.0955. The number of carbonyl (C=O) groups is 2. The first-order valence-corrected chi connectivity index (χ1v) is 8.56. The highest BCUT2D eigenvalue weighted by Gasteiger charge is 2.21. The summed E-state index contributed by atoms with van der Waals surface area (Å²) in [6.07, 6.45) is -1.04. The van der Waals surface area contributed by atoms with Gasteiger partial charge in [0.1, 0.15) is 13.2 Å². The molecule has 0 aliphatic carbocycles. The lowest BCUT2D eigenvalue weighted by molar-refractivity contribution is -0.123. The smallest absolute Gasteiger partial charge is 0.340 e. The summed E-state index contributed by atoms with van der Waals surface area (Å²) in [5, 5.41) is 3.20. The number of fused-ring (bicyclic) bond motifs is 1. The lowest BCUT2D eigenvalue weighted by Crippen LogP contribution is -2.30. The Hall–Kier alpha value is -2.44. The van der Waals surface area contributed by atoms with Crippen molar-refractivity contribution in [2.75, 3.05) is 18.5 Å². The van der Waals surface area contributed by atoms with Gasteiger partial charge in [-0.3, -0.25) is 4.79 Å². The number of nitrogens with one attached hydrogen (secondary N) is 1. The second kappa shape index (κ2) is 7.85. The minimum atomic E-state index is -1.04. The van der Waals surface area contributed by atoms with Gasteiger partial charge in [-0.25, -0.2) is 4.79 Å². The van der Waals surface area contributed by atoms with Gasteiger partial charge >= 0.3 is 5.97 Å². The fourth-order valence-corrected chi connectivity index (χ4v) is 2.66. The van der Waals surface area contributed by atoms with E-state index >= 15 is 0 Å². The van der Waals surface area contributed by atoms with Gasteiger partial charge in [-0.1, -0.05) is 23.2 Å². The van der Waals surface area contributed by atoms with Crippen LogP contribution in [0.25, 0.3) is 0 Å². The van der Waals surface area contributed by atoms with Gasteiger partial charge in [-0.2, -0.15) is 0 Å². The van der Waals surface area contributed by atoms with E-state index in [9.17, 15) is 9.59 Å². The number of benzene rings is 2. The van der Waals surface area contributed by atoms with Crippen molar-refractivity contribution in [3.05, 3.63) is 52.0 Å². The van der Waals surface area contributed by atoms with Crippen molar-refractivity contribution >= 4 is 40.8 Å². The molecule has 1 aliphatic rings. The topological polar surface area (TPSA) is 73.9 Å². The molecule has 1 heterocycles. The standard InChI is InChI=1S/C18H15Cl2NO5/c1-10(26-18(23)13-8-11(19)2-4-14(13)20)17(22)21-12-3-5-15-16(9-12)25-7-6-24-15/h2-5,8-10H,6-7H2,1H3,(H,21,22)/t10-/m1/s1. The van der Waals surface area contributed by atoms with E-state index in [-0.39, 0.29) is 10.6 Å². The molecule has 0 spiro atoms. The van der Waals surface area contributed by atoms with Gasteiger partial charge in [0.2, 0.25) is 0 Å². The van der Waals surface area contributed by atoms with E-state index in [1.165, 1.54) is 19.1 Å². The van der Waals surface area contributed by atoms with Gasteiger partial charge in [0.25, 0.3) is 5.91 Å². The average Bonchev–Trinajstić information content (AvgIpc) is 2.63. The highest BCUT2D eigenvalue weighted by atomic mass is 35.5. The van der Waals surface area contributed by atoms with Crippen molar-refractivity contribution < 1.29 is 23.8 Å². The molecule has 0 bridgehead atoms. The molecule has 3 rings (SSSR count). The van der Waals surface area contributed by atoms with Crippen LogP contribution in [0, 0.1) is 0 Å². The predicted molar refractivity (Wildman–Crippen MR) is 97.4 cm³/mol. The molecule has 1 aliphatic heterocycles. The van der Waals surface area contributed by atoms with Gasteiger partial charge in [0.05, 0.1) is 10.6 Å². The third-order valence-electron chi connectivity index (χ3n) is 3.61. The van der Waals surface area contributed by atoms with Crippen LogP contribution in [0.15, 0.2) is 36.4 Å². The molecule has 2 aromatic carbocycles. The van der Waals surface area contributed by atoms with Gasteiger partial charge in [0, 0.05) is 16.8 Å². The van der Waals surface area contributed by atoms with E-state index in [0.717, 1.165) is 0 Å². The number of ether oxygens (including phenoxy) is 3. The summed E-state index contributed by atoms with van der Waals surface area (Å²) < 4.78 is 16.1. The number of anilines is 1. The molecular formula is C18H15Cl2NO5. The molecule has 26 heavy (non-hydrogen) atoms. The van der Waals surface area contributed by atoms with Crippen LogP contribution in [0.4, 0.5) is 5.69 Å². The van der Waals surface area contributed by atoms with Crippen molar-refractivity contribution in [3.63, 3.8) is 0 Å². The third kappa shape index (κ3) is 4.20. The Morgan fingerprint density at radius 2 is 1.81 bits per heavy atom. The molecule has 0 saturated carbocycles. The highest BCUT2D eigenvalue weighted by molar-refractivity contribution is 6.35. The third-order valence-corrected chi connectivity index (χ3v) is 4.18. The van der Waals surface area contributed by atoms with E-state index in [1.807, 2.05) is 0 Å². The van der Waals surface area contributed by atoms with Crippen molar-refractivity contribution in [2.45, 2.75) is 13.0 Å². The maximum absolute atomic E-state index is 12.3. The molecule has 1 atom stereocenters. The molecule has 2 aromatic rings. The number of hydrogen-bond acceptors (Lipinski definition) is 5. The molecule has 136 valence electrons. The largest absolute Gasteiger partial charge is 0.486 e. The predicted octanol–water partition coefficient (Wildman–Crippen LogP) is 3.95. The van der Waals surface area contributed by atoms with Gasteiger partial charge in [-0.15, -0.1) is 0 Å². The first-order chi connectivity index (χ1) is 12.4. The summed E-state index contributed by atoms with van der Waals surface area (Å²) >= 11 is 11.8. The summed E-state index contributed by atoms with van der Waals surface area (Å²) in [7, 11) is 0. The van der Waals surface area contributed by atoms with Crippen molar-refractivity contribution in [1.29, 1.82) is 0 Å². The highest BCUT2D eigenvalue weighted by Crippen LogP contribution is 2.32. The normalized spacial score (nSPS) is 13.7. The van der Waals surface area contributed by atoms with Crippen LogP contribution < -0.4 is 14.8 Å². The SMILES string of the molecule is C[C@@H](OC(=O)c1cc(Cl)ccc1Cl)C(=O)Nc1ccc2c(c1)OCCO2. The Morgan fingerprint density at radius 1 is 1.08 bits per heavy atom. The number of rotatable bonds is 4. The first-order valence-electron chi connectivity index (χ1n) is 7.80. The summed E-state index contributed by atoms with van der Waals surface area (Å²) in [6.45, 7) is 2.39. The van der Waals surface area contributed by atoms with Crippen LogP contribution >= 0.6 is 23.2 Å². The Kier molecular flexibility index (Phi) is 5.54. The van der Waals surface area contributed by atoms with E-state index in [4.69, 9.17) is 37.4 Å². The summed E-state index contributed by atoms with van der Waals surface area (Å²) in [5.41, 5.74) is 0.598. The Morgan fingerprint density at radius 3 is 2.58 bits per heavy atom. The van der Waals surface area contributed by atoms with Crippen molar-refractivity contribution in [2.24, 2.45) is 0 Å². The Labute approximate surface area is 159 Å². The molecule has 0 aromatic heterocycles. The summed E-state index contributed by atoms with van der Waals surface area (Å²) in [5.74, 6) is -0.0655. The molecule has 6 nitrogen and oxygen atoms in total. The molecule has 0 fully saturated rings. The van der Waals surface area contributed by atoms with E-state index in [2.05, 4.69) is 5.32 Å². The maximum Gasteiger partial charge on any atom is 0.340 e. The average molecular weight is 396 g/mol. The molecule has 0 radical (unpaired) electrons. The maximum atomic E-state index is 12.3. The van der Waals surface area contributed by atoms with Gasteiger partial charge < -0.3 is 19.5 Å². The van der Waals surface area contributed by atoms with Crippen LogP contribution in [0.2, 0.25) is 10.0 Å². The van der Waals surface area contributed by atoms with Gasteiger partial charge in [-0.05, 0) is 37.3 Å². The molecule has 8 heteroatoms. The number of halogens is 2. The first kappa shape index (κ1) is 18.4. The molecule has 1 amide bonds. The number of esters is 1.